The molecule has 8 heteroatoms. The largest absolute Gasteiger partial charge is 0.454 e. The summed E-state index contributed by atoms with van der Waals surface area (Å²) in [4.78, 5) is 13.1. The molecule has 26 heavy (non-hydrogen) atoms. The van der Waals surface area contributed by atoms with E-state index in [9.17, 15) is 9.18 Å². The minimum atomic E-state index is -0.584. The molecule has 0 aliphatic heterocycles. The molecule has 3 heterocycles. The number of ether oxygens (including phenoxy) is 1. The van der Waals surface area contributed by atoms with E-state index >= 15 is 0 Å². The molecule has 0 aliphatic rings. The highest BCUT2D eigenvalue weighted by atomic mass is 32.1. The van der Waals surface area contributed by atoms with E-state index < -0.39 is 11.8 Å². The number of benzene rings is 1. The second kappa shape index (κ2) is 6.93. The molecule has 0 amide bonds. The molecule has 3 aromatic heterocycles. The van der Waals surface area contributed by atoms with Gasteiger partial charge in [-0.05, 0) is 29.6 Å². The van der Waals surface area contributed by atoms with Crippen molar-refractivity contribution in [1.29, 1.82) is 0 Å². The molecule has 0 spiro atoms. The lowest BCUT2D eigenvalue weighted by atomic mass is 10.1. The summed E-state index contributed by atoms with van der Waals surface area (Å²) in [7, 11) is 0. The number of hydrogen-bond acceptors (Lipinski definition) is 6. The summed E-state index contributed by atoms with van der Waals surface area (Å²) in [5.74, 6) is -0.724. The van der Waals surface area contributed by atoms with Gasteiger partial charge in [-0.3, -0.25) is 5.10 Å². The third-order valence-electron chi connectivity index (χ3n) is 3.62. The highest BCUT2D eigenvalue weighted by Crippen LogP contribution is 2.24. The van der Waals surface area contributed by atoms with Gasteiger partial charge in [0.1, 0.15) is 18.1 Å². The van der Waals surface area contributed by atoms with Gasteiger partial charge in [-0.15, -0.1) is 11.3 Å². The number of rotatable bonds is 5. The summed E-state index contributed by atoms with van der Waals surface area (Å²) in [6.45, 7) is -0.0992. The minimum absolute atomic E-state index is 0.0992. The first-order chi connectivity index (χ1) is 12.7. The highest BCUT2D eigenvalue weighted by Gasteiger charge is 2.16. The van der Waals surface area contributed by atoms with Gasteiger partial charge in [0, 0.05) is 6.07 Å². The number of hydrogen-bond donors (Lipinski definition) is 1. The van der Waals surface area contributed by atoms with Gasteiger partial charge < -0.3 is 9.26 Å². The van der Waals surface area contributed by atoms with E-state index in [0.717, 1.165) is 10.6 Å². The average Bonchev–Trinajstić information content (AvgIpc) is 3.40. The van der Waals surface area contributed by atoms with Gasteiger partial charge in [0.25, 0.3) is 0 Å². The lowest BCUT2D eigenvalue weighted by Gasteiger charge is -1.98. The number of aromatic amines is 1. The fraction of sp³-hybridized carbons (Fsp3) is 0.0556. The third kappa shape index (κ3) is 3.27. The van der Waals surface area contributed by atoms with E-state index in [1.54, 1.807) is 24.3 Å². The molecule has 0 saturated carbocycles. The molecule has 1 aromatic carbocycles. The molecule has 4 aromatic rings. The first kappa shape index (κ1) is 16.2. The van der Waals surface area contributed by atoms with Gasteiger partial charge in [-0.1, -0.05) is 23.4 Å². The number of carbonyl (C=O) groups is 1. The number of aromatic nitrogens is 3. The Morgan fingerprint density at radius 1 is 1.23 bits per heavy atom. The Balaban J connectivity index is 1.42. The second-order valence-electron chi connectivity index (χ2n) is 5.38. The number of esters is 1. The Hall–Kier alpha value is -3.26. The van der Waals surface area contributed by atoms with Crippen LogP contribution < -0.4 is 0 Å². The fourth-order valence-corrected chi connectivity index (χ4v) is 3.06. The summed E-state index contributed by atoms with van der Waals surface area (Å²) in [6.07, 6.45) is 0. The van der Waals surface area contributed by atoms with Crippen LogP contribution in [0, 0.1) is 5.82 Å². The lowest BCUT2D eigenvalue weighted by molar-refractivity contribution is 0.0457. The van der Waals surface area contributed by atoms with Crippen molar-refractivity contribution in [2.24, 2.45) is 0 Å². The summed E-state index contributed by atoms with van der Waals surface area (Å²) < 4.78 is 24.1. The summed E-state index contributed by atoms with van der Waals surface area (Å²) in [5, 5.41) is 12.5. The van der Waals surface area contributed by atoms with E-state index in [0.29, 0.717) is 11.3 Å². The van der Waals surface area contributed by atoms with Gasteiger partial charge in [-0.25, -0.2) is 9.18 Å². The molecule has 0 fully saturated rings. The third-order valence-corrected chi connectivity index (χ3v) is 4.53. The molecular formula is C18H12FN3O3S. The maximum Gasteiger partial charge on any atom is 0.359 e. The molecule has 0 saturated heterocycles. The van der Waals surface area contributed by atoms with Crippen LogP contribution in [0.1, 0.15) is 16.2 Å². The van der Waals surface area contributed by atoms with Crippen LogP contribution in [-0.2, 0) is 11.3 Å². The van der Waals surface area contributed by atoms with Gasteiger partial charge >= 0.3 is 5.97 Å². The van der Waals surface area contributed by atoms with Crippen LogP contribution in [0.3, 0.4) is 0 Å². The first-order valence-electron chi connectivity index (χ1n) is 7.67. The monoisotopic (exact) mass is 369 g/mol. The standard InChI is InChI=1S/C18H12FN3O3S/c19-13-5-2-1-4-12(13)16-8-11(22-25-16)10-24-18(23)15-9-14(20-21-15)17-6-3-7-26-17/h1-9H,10H2,(H,20,21). The van der Waals surface area contributed by atoms with Gasteiger partial charge in [0.15, 0.2) is 11.5 Å². The number of H-pyrrole nitrogens is 1. The van der Waals surface area contributed by atoms with Crippen LogP contribution in [0.2, 0.25) is 0 Å². The summed E-state index contributed by atoms with van der Waals surface area (Å²) in [6, 6.07) is 13.2. The van der Waals surface area contributed by atoms with Gasteiger partial charge in [0.2, 0.25) is 0 Å². The van der Waals surface area contributed by atoms with Crippen molar-refractivity contribution in [1.82, 2.24) is 15.4 Å². The zero-order chi connectivity index (χ0) is 17.9. The van der Waals surface area contributed by atoms with Crippen LogP contribution in [0.25, 0.3) is 21.9 Å². The highest BCUT2D eigenvalue weighted by molar-refractivity contribution is 7.13. The molecule has 130 valence electrons. The number of nitrogens with one attached hydrogen (secondary N) is 1. The molecular weight excluding hydrogens is 357 g/mol. The molecule has 0 bridgehead atoms. The van der Waals surface area contributed by atoms with E-state index in [2.05, 4.69) is 15.4 Å². The normalized spacial score (nSPS) is 10.8. The molecule has 6 nitrogen and oxygen atoms in total. The van der Waals surface area contributed by atoms with Crippen molar-refractivity contribution < 1.29 is 18.4 Å². The van der Waals surface area contributed by atoms with E-state index in [-0.39, 0.29) is 18.1 Å². The van der Waals surface area contributed by atoms with Crippen LogP contribution in [0.4, 0.5) is 4.39 Å². The molecule has 1 N–H and O–H groups in total. The maximum atomic E-state index is 13.8. The van der Waals surface area contributed by atoms with Crippen LogP contribution in [-0.4, -0.2) is 21.3 Å². The average molecular weight is 369 g/mol. The van der Waals surface area contributed by atoms with Crippen molar-refractivity contribution in [3.05, 3.63) is 71.1 Å². The number of nitrogens with zero attached hydrogens (tertiary/aromatic N) is 2. The topological polar surface area (TPSA) is 81.0 Å². The van der Waals surface area contributed by atoms with Crippen LogP contribution in [0.5, 0.6) is 0 Å². The van der Waals surface area contributed by atoms with Crippen molar-refractivity contribution in [3.8, 4) is 21.9 Å². The molecule has 4 rings (SSSR count). The van der Waals surface area contributed by atoms with Gasteiger partial charge in [0.05, 0.1) is 16.1 Å². The molecule has 0 radical (unpaired) electrons. The van der Waals surface area contributed by atoms with E-state index in [4.69, 9.17) is 9.26 Å². The number of thiophene rings is 1. The minimum Gasteiger partial charge on any atom is -0.454 e. The molecule has 0 unspecified atom stereocenters. The van der Waals surface area contributed by atoms with Crippen molar-refractivity contribution in [2.75, 3.05) is 0 Å². The van der Waals surface area contributed by atoms with E-state index in [1.807, 2.05) is 17.5 Å². The Labute approximate surface area is 151 Å². The zero-order valence-corrected chi connectivity index (χ0v) is 14.1. The quantitative estimate of drug-likeness (QED) is 0.531. The molecule has 0 atom stereocenters. The Kier molecular flexibility index (Phi) is 4.32. The Morgan fingerprint density at radius 3 is 2.92 bits per heavy atom. The lowest BCUT2D eigenvalue weighted by Crippen LogP contribution is -2.05. The van der Waals surface area contributed by atoms with Gasteiger partial charge in [-0.2, -0.15) is 5.10 Å². The predicted octanol–water partition coefficient (Wildman–Crippen LogP) is 4.29. The maximum absolute atomic E-state index is 13.8. The summed E-state index contributed by atoms with van der Waals surface area (Å²) >= 11 is 1.54. The summed E-state index contributed by atoms with van der Waals surface area (Å²) in [5.41, 5.74) is 1.59. The second-order valence-corrected chi connectivity index (χ2v) is 6.33. The smallest absolute Gasteiger partial charge is 0.359 e. The molecule has 0 aliphatic carbocycles. The Morgan fingerprint density at radius 2 is 2.12 bits per heavy atom. The zero-order valence-electron chi connectivity index (χ0n) is 13.3. The predicted molar refractivity (Wildman–Crippen MR) is 92.9 cm³/mol. The van der Waals surface area contributed by atoms with Crippen LogP contribution in [0.15, 0.2) is 58.4 Å². The SMILES string of the molecule is O=C(OCc1cc(-c2ccccc2F)on1)c1cc(-c2cccs2)[nH]n1. The van der Waals surface area contributed by atoms with Crippen molar-refractivity contribution in [2.45, 2.75) is 6.61 Å². The number of halogens is 1. The fourth-order valence-electron chi connectivity index (χ4n) is 2.37. The van der Waals surface area contributed by atoms with Crippen molar-refractivity contribution >= 4 is 17.3 Å². The Bertz CT molecular complexity index is 1040. The van der Waals surface area contributed by atoms with Crippen molar-refractivity contribution in [3.63, 3.8) is 0 Å². The number of carbonyl (C=O) groups excluding carboxylic acids is 1. The van der Waals surface area contributed by atoms with E-state index in [1.165, 1.54) is 23.5 Å². The first-order valence-corrected chi connectivity index (χ1v) is 8.55. The van der Waals surface area contributed by atoms with Crippen LogP contribution >= 0.6 is 11.3 Å².